The lowest BCUT2D eigenvalue weighted by Gasteiger charge is -2.16. The summed E-state index contributed by atoms with van der Waals surface area (Å²) < 4.78 is 18.8. The molecule has 5 nitrogen and oxygen atoms in total. The number of nitrogens with zero attached hydrogens (tertiary/aromatic N) is 3. The van der Waals surface area contributed by atoms with Crippen LogP contribution in [-0.2, 0) is 11.2 Å². The van der Waals surface area contributed by atoms with Crippen molar-refractivity contribution in [1.82, 2.24) is 10.1 Å². The predicted molar refractivity (Wildman–Crippen MR) is 87.9 cm³/mol. The first kappa shape index (κ1) is 15.9. The minimum atomic E-state index is -0.412. The fourth-order valence-corrected chi connectivity index (χ4v) is 2.29. The van der Waals surface area contributed by atoms with Crippen LogP contribution in [0.15, 0.2) is 59.1 Å². The monoisotopic (exact) mass is 325 g/mol. The Balaban J connectivity index is 1.64. The average molecular weight is 325 g/mol. The van der Waals surface area contributed by atoms with Crippen LogP contribution in [0.25, 0.3) is 11.4 Å². The molecule has 0 saturated heterocycles. The topological polar surface area (TPSA) is 59.2 Å². The van der Waals surface area contributed by atoms with Gasteiger partial charge in [0.25, 0.3) is 0 Å². The molecule has 0 N–H and O–H groups in total. The van der Waals surface area contributed by atoms with Crippen molar-refractivity contribution in [2.24, 2.45) is 0 Å². The van der Waals surface area contributed by atoms with Gasteiger partial charge < -0.3 is 9.42 Å². The fourth-order valence-electron chi connectivity index (χ4n) is 2.29. The van der Waals surface area contributed by atoms with Gasteiger partial charge >= 0.3 is 0 Å². The number of halogens is 1. The van der Waals surface area contributed by atoms with Gasteiger partial charge in [-0.15, -0.1) is 0 Å². The molecular weight excluding hydrogens is 309 g/mol. The maximum Gasteiger partial charge on any atom is 0.227 e. The van der Waals surface area contributed by atoms with E-state index in [0.717, 1.165) is 5.69 Å². The van der Waals surface area contributed by atoms with E-state index in [4.69, 9.17) is 4.52 Å². The number of benzene rings is 2. The molecule has 0 saturated carbocycles. The molecule has 1 amide bonds. The van der Waals surface area contributed by atoms with Crippen LogP contribution >= 0.6 is 0 Å². The Labute approximate surface area is 138 Å². The third-order valence-electron chi connectivity index (χ3n) is 3.65. The molecule has 1 heterocycles. The summed E-state index contributed by atoms with van der Waals surface area (Å²) in [5, 5.41) is 3.78. The number of aryl methyl sites for hydroxylation is 1. The van der Waals surface area contributed by atoms with Crippen LogP contribution in [0.2, 0.25) is 0 Å². The number of aromatic nitrogens is 2. The second-order valence-corrected chi connectivity index (χ2v) is 5.28. The second kappa shape index (κ2) is 7.04. The van der Waals surface area contributed by atoms with E-state index < -0.39 is 5.82 Å². The molecule has 122 valence electrons. The van der Waals surface area contributed by atoms with Gasteiger partial charge in [0.05, 0.1) is 5.56 Å². The first-order valence-electron chi connectivity index (χ1n) is 7.54. The normalized spacial score (nSPS) is 10.6. The minimum Gasteiger partial charge on any atom is -0.339 e. The number of carbonyl (C=O) groups excluding carboxylic acids is 1. The molecule has 0 unspecified atom stereocenters. The Morgan fingerprint density at radius 2 is 1.83 bits per heavy atom. The molecule has 0 radical (unpaired) electrons. The quantitative estimate of drug-likeness (QED) is 0.721. The van der Waals surface area contributed by atoms with Crippen LogP contribution in [0.3, 0.4) is 0 Å². The average Bonchev–Trinajstić information content (AvgIpc) is 3.09. The molecule has 0 fully saturated rings. The molecule has 6 heteroatoms. The van der Waals surface area contributed by atoms with Crippen molar-refractivity contribution in [2.45, 2.75) is 12.8 Å². The van der Waals surface area contributed by atoms with Crippen LogP contribution in [0.4, 0.5) is 10.1 Å². The first-order chi connectivity index (χ1) is 11.6. The number of hydrogen-bond donors (Lipinski definition) is 0. The largest absolute Gasteiger partial charge is 0.339 e. The minimum absolute atomic E-state index is 0.0631. The molecule has 0 aliphatic rings. The van der Waals surface area contributed by atoms with Gasteiger partial charge in [-0.1, -0.05) is 35.5 Å². The van der Waals surface area contributed by atoms with Gasteiger partial charge in [-0.2, -0.15) is 4.98 Å². The highest BCUT2D eigenvalue weighted by Gasteiger charge is 2.15. The Bertz CT molecular complexity index is 833. The van der Waals surface area contributed by atoms with E-state index in [1.165, 1.54) is 6.07 Å². The second-order valence-electron chi connectivity index (χ2n) is 5.28. The van der Waals surface area contributed by atoms with Gasteiger partial charge in [0, 0.05) is 25.6 Å². The third kappa shape index (κ3) is 3.48. The Morgan fingerprint density at radius 1 is 1.12 bits per heavy atom. The van der Waals surface area contributed by atoms with Gasteiger partial charge in [-0.3, -0.25) is 4.79 Å². The molecule has 0 aliphatic heterocycles. The van der Waals surface area contributed by atoms with Crippen molar-refractivity contribution in [2.75, 3.05) is 11.9 Å². The fraction of sp³-hybridized carbons (Fsp3) is 0.167. The summed E-state index contributed by atoms with van der Waals surface area (Å²) in [6.07, 6.45) is 0.530. The Kier molecular flexibility index (Phi) is 4.65. The van der Waals surface area contributed by atoms with Crippen molar-refractivity contribution in [3.63, 3.8) is 0 Å². The number of rotatable bonds is 5. The standard InChI is InChI=1S/C18H16FN3O2/c1-22(13-7-3-2-4-8-13)17(23)12-11-16-20-18(21-24-16)14-9-5-6-10-15(14)19/h2-10H,11-12H2,1H3. The summed E-state index contributed by atoms with van der Waals surface area (Å²) in [5.41, 5.74) is 1.10. The molecular formula is C18H16FN3O2. The smallest absolute Gasteiger partial charge is 0.227 e. The molecule has 3 rings (SSSR count). The van der Waals surface area contributed by atoms with E-state index in [1.54, 1.807) is 30.1 Å². The lowest BCUT2D eigenvalue weighted by Crippen LogP contribution is -2.26. The lowest BCUT2D eigenvalue weighted by atomic mass is 10.2. The Hall–Kier alpha value is -3.02. The highest BCUT2D eigenvalue weighted by Crippen LogP contribution is 2.20. The number of para-hydroxylation sites is 1. The molecule has 24 heavy (non-hydrogen) atoms. The van der Waals surface area contributed by atoms with Gasteiger partial charge in [0.1, 0.15) is 5.82 Å². The number of carbonyl (C=O) groups is 1. The van der Waals surface area contributed by atoms with Gasteiger partial charge in [-0.05, 0) is 24.3 Å². The summed E-state index contributed by atoms with van der Waals surface area (Å²) in [7, 11) is 1.72. The van der Waals surface area contributed by atoms with Gasteiger partial charge in [0.15, 0.2) is 0 Å². The van der Waals surface area contributed by atoms with Crippen LogP contribution in [0, 0.1) is 5.82 Å². The number of hydrogen-bond acceptors (Lipinski definition) is 4. The van der Waals surface area contributed by atoms with Gasteiger partial charge in [0.2, 0.25) is 17.6 Å². The zero-order valence-electron chi connectivity index (χ0n) is 13.1. The van der Waals surface area contributed by atoms with E-state index >= 15 is 0 Å². The molecule has 0 spiro atoms. The van der Waals surface area contributed by atoms with Crippen molar-refractivity contribution in [1.29, 1.82) is 0 Å². The maximum atomic E-state index is 13.7. The molecule has 0 atom stereocenters. The number of anilines is 1. The van der Waals surface area contributed by atoms with Crippen LogP contribution in [0.1, 0.15) is 12.3 Å². The van der Waals surface area contributed by atoms with Crippen molar-refractivity contribution in [3.8, 4) is 11.4 Å². The zero-order chi connectivity index (χ0) is 16.9. The summed E-state index contributed by atoms with van der Waals surface area (Å²) in [6.45, 7) is 0. The molecule has 1 aromatic heterocycles. The van der Waals surface area contributed by atoms with E-state index in [9.17, 15) is 9.18 Å². The van der Waals surface area contributed by atoms with E-state index in [1.807, 2.05) is 30.3 Å². The van der Waals surface area contributed by atoms with Crippen LogP contribution in [0.5, 0.6) is 0 Å². The lowest BCUT2D eigenvalue weighted by molar-refractivity contribution is -0.118. The summed E-state index contributed by atoms with van der Waals surface area (Å²) in [4.78, 5) is 18.0. The van der Waals surface area contributed by atoms with Crippen molar-refractivity contribution < 1.29 is 13.7 Å². The van der Waals surface area contributed by atoms with E-state index in [-0.39, 0.29) is 23.7 Å². The Morgan fingerprint density at radius 3 is 2.58 bits per heavy atom. The summed E-state index contributed by atoms with van der Waals surface area (Å²) in [6, 6.07) is 15.6. The van der Waals surface area contributed by atoms with Crippen molar-refractivity contribution >= 4 is 11.6 Å². The van der Waals surface area contributed by atoms with E-state index in [2.05, 4.69) is 10.1 Å². The molecule has 0 aliphatic carbocycles. The summed E-state index contributed by atoms with van der Waals surface area (Å²) >= 11 is 0. The van der Waals surface area contributed by atoms with Crippen molar-refractivity contribution in [3.05, 3.63) is 66.3 Å². The first-order valence-corrected chi connectivity index (χ1v) is 7.54. The highest BCUT2D eigenvalue weighted by atomic mass is 19.1. The highest BCUT2D eigenvalue weighted by molar-refractivity contribution is 5.92. The van der Waals surface area contributed by atoms with Crippen LogP contribution < -0.4 is 4.90 Å². The maximum absolute atomic E-state index is 13.7. The molecule has 2 aromatic carbocycles. The number of amides is 1. The van der Waals surface area contributed by atoms with E-state index in [0.29, 0.717) is 12.3 Å². The van der Waals surface area contributed by atoms with Gasteiger partial charge in [-0.25, -0.2) is 4.39 Å². The summed E-state index contributed by atoms with van der Waals surface area (Å²) in [5.74, 6) is 0.0200. The SMILES string of the molecule is CN(C(=O)CCc1nc(-c2ccccc2F)no1)c1ccccc1. The molecule has 0 bridgehead atoms. The zero-order valence-corrected chi connectivity index (χ0v) is 13.1. The third-order valence-corrected chi connectivity index (χ3v) is 3.65. The molecule has 3 aromatic rings. The van der Waals surface area contributed by atoms with Crippen LogP contribution in [-0.4, -0.2) is 23.1 Å². The predicted octanol–water partition coefficient (Wildman–Crippen LogP) is 3.47.